The Kier molecular flexibility index (Phi) is 4.02. The molecule has 6 heteroatoms. The van der Waals surface area contributed by atoms with Gasteiger partial charge in [0.2, 0.25) is 0 Å². The van der Waals surface area contributed by atoms with Crippen LogP contribution in [0.1, 0.15) is 23.7 Å². The molecule has 19 heavy (non-hydrogen) atoms. The number of hydrogen-bond donors (Lipinski definition) is 1. The number of likely N-dealkylation sites (tertiary alicyclic amines) is 1. The zero-order valence-corrected chi connectivity index (χ0v) is 11.8. The monoisotopic (exact) mass is 301 g/mol. The number of carboxylic acid groups (broad SMARTS) is 1. The molecule has 0 bridgehead atoms. The average Bonchev–Trinajstić information content (AvgIpc) is 2.69. The van der Waals surface area contributed by atoms with Crippen molar-refractivity contribution in [1.29, 1.82) is 0 Å². The number of rotatable bonds is 2. The van der Waals surface area contributed by atoms with Crippen LogP contribution < -0.4 is 0 Å². The van der Waals surface area contributed by atoms with Crippen molar-refractivity contribution in [1.82, 2.24) is 4.90 Å². The first-order valence-electron chi connectivity index (χ1n) is 5.90. The van der Waals surface area contributed by atoms with Crippen molar-refractivity contribution < 1.29 is 14.7 Å². The minimum Gasteiger partial charge on any atom is -0.481 e. The highest BCUT2D eigenvalue weighted by Crippen LogP contribution is 2.27. The highest BCUT2D eigenvalue weighted by Gasteiger charge is 2.38. The van der Waals surface area contributed by atoms with Gasteiger partial charge in [0.05, 0.1) is 5.92 Å². The maximum absolute atomic E-state index is 12.3. The van der Waals surface area contributed by atoms with Crippen molar-refractivity contribution in [3.63, 3.8) is 0 Å². The molecule has 1 heterocycles. The molecule has 2 rings (SSSR count). The second-order valence-corrected chi connectivity index (χ2v) is 5.50. The van der Waals surface area contributed by atoms with Gasteiger partial charge in [-0.3, -0.25) is 9.59 Å². The molecule has 102 valence electrons. The van der Waals surface area contributed by atoms with Crippen molar-refractivity contribution in [3.8, 4) is 0 Å². The second kappa shape index (κ2) is 5.39. The fraction of sp³-hybridized carbons (Fsp3) is 0.385. The molecule has 0 aromatic heterocycles. The fourth-order valence-electron chi connectivity index (χ4n) is 2.40. The first kappa shape index (κ1) is 14.2. The molecule has 1 aliphatic heterocycles. The minimum absolute atomic E-state index is 0.236. The Morgan fingerprint density at radius 2 is 1.84 bits per heavy atom. The Morgan fingerprint density at radius 3 is 2.32 bits per heavy atom. The Bertz CT molecular complexity index is 512. The van der Waals surface area contributed by atoms with Gasteiger partial charge in [0.15, 0.2) is 0 Å². The van der Waals surface area contributed by atoms with E-state index in [1.165, 1.54) is 12.1 Å². The van der Waals surface area contributed by atoms with Crippen LogP contribution in [0.3, 0.4) is 0 Å². The summed E-state index contributed by atoms with van der Waals surface area (Å²) in [7, 11) is 0. The van der Waals surface area contributed by atoms with Gasteiger partial charge in [0.25, 0.3) is 5.91 Å². The predicted molar refractivity (Wildman–Crippen MR) is 72.7 cm³/mol. The molecule has 2 unspecified atom stereocenters. The Labute approximate surface area is 120 Å². The van der Waals surface area contributed by atoms with E-state index >= 15 is 0 Å². The van der Waals surface area contributed by atoms with Gasteiger partial charge >= 0.3 is 5.97 Å². The first-order chi connectivity index (χ1) is 8.90. The van der Waals surface area contributed by atoms with Gasteiger partial charge in [-0.15, -0.1) is 0 Å². The van der Waals surface area contributed by atoms with E-state index in [4.69, 9.17) is 28.3 Å². The second-order valence-electron chi connectivity index (χ2n) is 4.63. The zero-order valence-electron chi connectivity index (χ0n) is 10.3. The molecular formula is C13H13Cl2NO3. The Hall–Kier alpha value is -1.26. The van der Waals surface area contributed by atoms with Crippen LogP contribution in [0.15, 0.2) is 18.2 Å². The van der Waals surface area contributed by atoms with Crippen LogP contribution in [0.25, 0.3) is 0 Å². The number of amides is 1. The minimum atomic E-state index is -0.869. The number of nitrogens with zero attached hydrogens (tertiary/aromatic N) is 1. The molecule has 0 aliphatic carbocycles. The van der Waals surface area contributed by atoms with Crippen molar-refractivity contribution >= 4 is 35.1 Å². The van der Waals surface area contributed by atoms with E-state index in [9.17, 15) is 9.59 Å². The molecular weight excluding hydrogens is 289 g/mol. The van der Waals surface area contributed by atoms with E-state index in [0.717, 1.165) is 0 Å². The summed E-state index contributed by atoms with van der Waals surface area (Å²) in [6.45, 7) is 2.18. The molecule has 1 aromatic rings. The normalized spacial score (nSPS) is 22.6. The summed E-state index contributed by atoms with van der Waals surface area (Å²) in [6, 6.07) is 4.29. The van der Waals surface area contributed by atoms with Crippen LogP contribution in [0, 0.1) is 5.92 Å². The summed E-state index contributed by atoms with van der Waals surface area (Å²) < 4.78 is 0. The lowest BCUT2D eigenvalue weighted by Gasteiger charge is -2.23. The highest BCUT2D eigenvalue weighted by atomic mass is 35.5. The molecule has 2 atom stereocenters. The lowest BCUT2D eigenvalue weighted by Crippen LogP contribution is -2.37. The lowest BCUT2D eigenvalue weighted by molar-refractivity contribution is -0.142. The maximum Gasteiger partial charge on any atom is 0.308 e. The van der Waals surface area contributed by atoms with E-state index in [2.05, 4.69) is 0 Å². The molecule has 1 N–H and O–H groups in total. The predicted octanol–water partition coefficient (Wildman–Crippen LogP) is 2.93. The van der Waals surface area contributed by atoms with Gasteiger partial charge in [0.1, 0.15) is 0 Å². The van der Waals surface area contributed by atoms with Crippen LogP contribution >= 0.6 is 23.2 Å². The van der Waals surface area contributed by atoms with Gasteiger partial charge in [-0.2, -0.15) is 0 Å². The average molecular weight is 302 g/mol. The summed E-state index contributed by atoms with van der Waals surface area (Å²) in [5.41, 5.74) is 0.385. The van der Waals surface area contributed by atoms with Gasteiger partial charge in [-0.1, -0.05) is 23.2 Å². The van der Waals surface area contributed by atoms with Crippen molar-refractivity contribution in [3.05, 3.63) is 33.8 Å². The molecule has 0 spiro atoms. The van der Waals surface area contributed by atoms with Crippen molar-refractivity contribution in [2.24, 2.45) is 5.92 Å². The third kappa shape index (κ3) is 2.85. The fourth-order valence-corrected chi connectivity index (χ4v) is 2.93. The van der Waals surface area contributed by atoms with Crippen LogP contribution in [0.5, 0.6) is 0 Å². The SMILES string of the molecule is CC1C(C(=O)O)CCN1C(=O)c1cc(Cl)cc(Cl)c1. The Morgan fingerprint density at radius 1 is 1.26 bits per heavy atom. The van der Waals surface area contributed by atoms with Crippen molar-refractivity contribution in [2.75, 3.05) is 6.54 Å². The first-order valence-corrected chi connectivity index (χ1v) is 6.65. The summed E-state index contributed by atoms with van der Waals surface area (Å²) in [4.78, 5) is 24.9. The van der Waals surface area contributed by atoms with E-state index in [1.807, 2.05) is 0 Å². The molecule has 1 saturated heterocycles. The number of hydrogen-bond acceptors (Lipinski definition) is 2. The highest BCUT2D eigenvalue weighted by molar-refractivity contribution is 6.35. The number of benzene rings is 1. The van der Waals surface area contributed by atoms with Gasteiger partial charge in [-0.05, 0) is 31.5 Å². The number of carbonyl (C=O) groups excluding carboxylic acids is 1. The maximum atomic E-state index is 12.3. The van der Waals surface area contributed by atoms with Crippen LogP contribution in [-0.2, 0) is 4.79 Å². The number of aliphatic carboxylic acids is 1. The number of carbonyl (C=O) groups is 2. The molecule has 1 aliphatic rings. The van der Waals surface area contributed by atoms with E-state index in [0.29, 0.717) is 28.6 Å². The molecule has 1 fully saturated rings. The molecule has 4 nitrogen and oxygen atoms in total. The van der Waals surface area contributed by atoms with Gasteiger partial charge < -0.3 is 10.0 Å². The van der Waals surface area contributed by atoms with Crippen LogP contribution in [0.2, 0.25) is 10.0 Å². The summed E-state index contributed by atoms with van der Waals surface area (Å²) in [6.07, 6.45) is 0.469. The molecule has 0 saturated carbocycles. The smallest absolute Gasteiger partial charge is 0.308 e. The number of carboxylic acids is 1. The van der Waals surface area contributed by atoms with Crippen LogP contribution in [-0.4, -0.2) is 34.5 Å². The largest absolute Gasteiger partial charge is 0.481 e. The van der Waals surface area contributed by atoms with Gasteiger partial charge in [0, 0.05) is 28.2 Å². The zero-order chi connectivity index (χ0) is 14.2. The van der Waals surface area contributed by atoms with E-state index in [1.54, 1.807) is 17.9 Å². The molecule has 1 amide bonds. The van der Waals surface area contributed by atoms with Crippen molar-refractivity contribution in [2.45, 2.75) is 19.4 Å². The number of halogens is 2. The lowest BCUT2D eigenvalue weighted by atomic mass is 10.0. The topological polar surface area (TPSA) is 57.6 Å². The van der Waals surface area contributed by atoms with E-state index < -0.39 is 11.9 Å². The summed E-state index contributed by atoms with van der Waals surface area (Å²) in [5, 5.41) is 9.83. The molecule has 1 aromatic carbocycles. The van der Waals surface area contributed by atoms with Crippen LogP contribution in [0.4, 0.5) is 0 Å². The van der Waals surface area contributed by atoms with E-state index in [-0.39, 0.29) is 11.9 Å². The summed E-state index contributed by atoms with van der Waals surface area (Å²) in [5.74, 6) is -1.62. The standard InChI is InChI=1S/C13H13Cl2NO3/c1-7-11(13(18)19)2-3-16(7)12(17)8-4-9(14)6-10(15)5-8/h4-7,11H,2-3H2,1H3,(H,18,19). The third-order valence-electron chi connectivity index (χ3n) is 3.44. The Balaban J connectivity index is 2.23. The van der Waals surface area contributed by atoms with Gasteiger partial charge in [-0.25, -0.2) is 0 Å². The third-order valence-corrected chi connectivity index (χ3v) is 3.88. The summed E-state index contributed by atoms with van der Waals surface area (Å²) >= 11 is 11.7. The molecule has 0 radical (unpaired) electrons. The quantitative estimate of drug-likeness (QED) is 0.914.